The van der Waals surface area contributed by atoms with E-state index in [1.54, 1.807) is 14.2 Å². The second-order valence-corrected chi connectivity index (χ2v) is 7.89. The number of piperazine rings is 1. The van der Waals surface area contributed by atoms with Crippen LogP contribution in [0.1, 0.15) is 16.7 Å². The van der Waals surface area contributed by atoms with Crippen LogP contribution >= 0.6 is 15.9 Å². The van der Waals surface area contributed by atoms with Crippen LogP contribution in [-0.4, -0.2) is 56.1 Å². The molecule has 0 spiro atoms. The average Bonchev–Trinajstić information content (AvgIpc) is 2.71. The molecule has 0 radical (unpaired) electrons. The number of ether oxygens (including phenoxy) is 2. The highest BCUT2D eigenvalue weighted by atomic mass is 79.9. The molecule has 3 rings (SSSR count). The molecule has 0 aliphatic carbocycles. The zero-order valence-electron chi connectivity index (χ0n) is 16.7. The number of benzene rings is 2. The van der Waals surface area contributed by atoms with Crippen LogP contribution in [0.3, 0.4) is 0 Å². The van der Waals surface area contributed by atoms with E-state index in [4.69, 9.17) is 9.47 Å². The van der Waals surface area contributed by atoms with Gasteiger partial charge >= 0.3 is 0 Å². The molecule has 150 valence electrons. The summed E-state index contributed by atoms with van der Waals surface area (Å²) in [5.74, 6) is 1.63. The molecule has 1 fully saturated rings. The monoisotopic (exact) mass is 446 g/mol. The lowest BCUT2D eigenvalue weighted by Crippen LogP contribution is -2.48. The fraction of sp³-hybridized carbons (Fsp3) is 0.409. The van der Waals surface area contributed by atoms with Crippen molar-refractivity contribution in [2.24, 2.45) is 0 Å². The number of aryl methyl sites for hydroxylation is 1. The first-order valence-corrected chi connectivity index (χ1v) is 10.3. The van der Waals surface area contributed by atoms with Crippen LogP contribution in [0.2, 0.25) is 0 Å². The molecular formula is C22H27BrN2O3. The van der Waals surface area contributed by atoms with Crippen molar-refractivity contribution in [3.63, 3.8) is 0 Å². The number of rotatable bonds is 6. The van der Waals surface area contributed by atoms with Crippen molar-refractivity contribution in [3.8, 4) is 11.5 Å². The lowest BCUT2D eigenvalue weighted by molar-refractivity contribution is -0.132. The van der Waals surface area contributed by atoms with Gasteiger partial charge in [-0.1, -0.05) is 35.9 Å². The molecule has 0 atom stereocenters. The van der Waals surface area contributed by atoms with Crippen LogP contribution in [0.4, 0.5) is 0 Å². The zero-order chi connectivity index (χ0) is 20.1. The SMILES string of the molecule is COc1ccc(CN2CCN(C(=O)Cc3ccc(C)cc3)CC2)c(Br)c1OC. The predicted octanol–water partition coefficient (Wildman–Crippen LogP) is 3.66. The molecule has 0 bridgehead atoms. The highest BCUT2D eigenvalue weighted by Gasteiger charge is 2.22. The van der Waals surface area contributed by atoms with E-state index in [0.29, 0.717) is 17.9 Å². The quantitative estimate of drug-likeness (QED) is 0.678. The number of carbonyl (C=O) groups is 1. The van der Waals surface area contributed by atoms with Crippen molar-refractivity contribution in [1.82, 2.24) is 9.80 Å². The standard InChI is InChI=1S/C22H27BrN2O3/c1-16-4-6-17(7-5-16)14-20(26)25-12-10-24(11-13-25)15-18-8-9-19(27-2)22(28-3)21(18)23/h4-9H,10-15H2,1-3H3. The maximum absolute atomic E-state index is 12.6. The number of hydrogen-bond donors (Lipinski definition) is 0. The molecule has 0 saturated carbocycles. The Kier molecular flexibility index (Phi) is 6.97. The number of hydrogen-bond acceptors (Lipinski definition) is 4. The Morgan fingerprint density at radius 3 is 2.29 bits per heavy atom. The summed E-state index contributed by atoms with van der Waals surface area (Å²) in [5, 5.41) is 0. The topological polar surface area (TPSA) is 42.0 Å². The Morgan fingerprint density at radius 1 is 1.00 bits per heavy atom. The molecule has 1 amide bonds. The molecule has 1 aliphatic heterocycles. The minimum absolute atomic E-state index is 0.204. The van der Waals surface area contributed by atoms with Gasteiger partial charge in [0.05, 0.1) is 25.1 Å². The van der Waals surface area contributed by atoms with Crippen molar-refractivity contribution < 1.29 is 14.3 Å². The van der Waals surface area contributed by atoms with Gasteiger partial charge in [-0.05, 0) is 40.0 Å². The molecule has 28 heavy (non-hydrogen) atoms. The van der Waals surface area contributed by atoms with Crippen molar-refractivity contribution >= 4 is 21.8 Å². The third kappa shape index (κ3) is 4.86. The Balaban J connectivity index is 1.55. The Morgan fingerprint density at radius 2 is 1.68 bits per heavy atom. The molecule has 0 N–H and O–H groups in total. The van der Waals surface area contributed by atoms with Gasteiger partial charge in [0.1, 0.15) is 0 Å². The van der Waals surface area contributed by atoms with E-state index in [0.717, 1.165) is 48.3 Å². The van der Waals surface area contributed by atoms with Gasteiger partial charge in [0, 0.05) is 32.7 Å². The van der Waals surface area contributed by atoms with Crippen molar-refractivity contribution in [3.05, 3.63) is 57.6 Å². The minimum Gasteiger partial charge on any atom is -0.493 e. The van der Waals surface area contributed by atoms with E-state index in [-0.39, 0.29) is 5.91 Å². The van der Waals surface area contributed by atoms with Gasteiger partial charge in [0.25, 0.3) is 0 Å². The van der Waals surface area contributed by atoms with Crippen LogP contribution in [0.5, 0.6) is 11.5 Å². The summed E-state index contributed by atoms with van der Waals surface area (Å²) in [6, 6.07) is 12.2. The smallest absolute Gasteiger partial charge is 0.227 e. The lowest BCUT2D eigenvalue weighted by atomic mass is 10.1. The second kappa shape index (κ2) is 9.43. The molecule has 1 saturated heterocycles. The van der Waals surface area contributed by atoms with E-state index >= 15 is 0 Å². The number of carbonyl (C=O) groups excluding carboxylic acids is 1. The average molecular weight is 447 g/mol. The first-order valence-electron chi connectivity index (χ1n) is 9.47. The maximum atomic E-state index is 12.6. The molecule has 2 aromatic rings. The van der Waals surface area contributed by atoms with Gasteiger partial charge in [0.2, 0.25) is 5.91 Å². The van der Waals surface area contributed by atoms with Gasteiger partial charge in [-0.25, -0.2) is 0 Å². The predicted molar refractivity (Wildman–Crippen MR) is 114 cm³/mol. The zero-order valence-corrected chi connectivity index (χ0v) is 18.3. The van der Waals surface area contributed by atoms with E-state index < -0.39 is 0 Å². The van der Waals surface area contributed by atoms with Gasteiger partial charge in [-0.3, -0.25) is 9.69 Å². The second-order valence-electron chi connectivity index (χ2n) is 7.09. The minimum atomic E-state index is 0.204. The Labute approximate surface area is 175 Å². The van der Waals surface area contributed by atoms with Gasteiger partial charge < -0.3 is 14.4 Å². The van der Waals surface area contributed by atoms with Crippen LogP contribution in [-0.2, 0) is 17.8 Å². The van der Waals surface area contributed by atoms with Crippen LogP contribution in [0.25, 0.3) is 0 Å². The summed E-state index contributed by atoms with van der Waals surface area (Å²) in [4.78, 5) is 16.9. The van der Waals surface area contributed by atoms with Gasteiger partial charge in [0.15, 0.2) is 11.5 Å². The number of methoxy groups -OCH3 is 2. The van der Waals surface area contributed by atoms with E-state index in [9.17, 15) is 4.79 Å². The number of halogens is 1. The lowest BCUT2D eigenvalue weighted by Gasteiger charge is -2.35. The van der Waals surface area contributed by atoms with E-state index in [1.807, 2.05) is 23.1 Å². The van der Waals surface area contributed by atoms with Gasteiger partial charge in [-0.2, -0.15) is 0 Å². The number of amides is 1. The summed E-state index contributed by atoms with van der Waals surface area (Å²) in [7, 11) is 3.28. The van der Waals surface area contributed by atoms with Crippen molar-refractivity contribution in [2.75, 3.05) is 40.4 Å². The van der Waals surface area contributed by atoms with Crippen LogP contribution in [0, 0.1) is 6.92 Å². The highest BCUT2D eigenvalue weighted by molar-refractivity contribution is 9.10. The largest absolute Gasteiger partial charge is 0.493 e. The van der Waals surface area contributed by atoms with Gasteiger partial charge in [-0.15, -0.1) is 0 Å². The molecule has 6 heteroatoms. The van der Waals surface area contributed by atoms with E-state index in [1.165, 1.54) is 5.56 Å². The summed E-state index contributed by atoms with van der Waals surface area (Å²) in [6.07, 6.45) is 0.474. The number of nitrogens with zero attached hydrogens (tertiary/aromatic N) is 2. The molecular weight excluding hydrogens is 420 g/mol. The highest BCUT2D eigenvalue weighted by Crippen LogP contribution is 2.38. The fourth-order valence-corrected chi connectivity index (χ4v) is 4.06. The molecule has 2 aromatic carbocycles. The Hall–Kier alpha value is -2.05. The summed E-state index contributed by atoms with van der Waals surface area (Å²) in [5.41, 5.74) is 3.44. The third-order valence-electron chi connectivity index (χ3n) is 5.16. The normalized spacial score (nSPS) is 14.8. The molecule has 0 unspecified atom stereocenters. The molecule has 0 aromatic heterocycles. The summed E-state index contributed by atoms with van der Waals surface area (Å²) in [6.45, 7) is 6.11. The molecule has 1 heterocycles. The molecule has 5 nitrogen and oxygen atoms in total. The first kappa shape index (κ1) is 20.7. The molecule has 1 aliphatic rings. The summed E-state index contributed by atoms with van der Waals surface area (Å²) >= 11 is 3.64. The Bertz CT molecular complexity index is 815. The van der Waals surface area contributed by atoms with Crippen molar-refractivity contribution in [2.45, 2.75) is 19.9 Å². The fourth-order valence-electron chi connectivity index (χ4n) is 3.44. The first-order chi connectivity index (χ1) is 13.5. The van der Waals surface area contributed by atoms with Crippen molar-refractivity contribution in [1.29, 1.82) is 0 Å². The summed E-state index contributed by atoms with van der Waals surface area (Å²) < 4.78 is 11.7. The maximum Gasteiger partial charge on any atom is 0.227 e. The van der Waals surface area contributed by atoms with Crippen LogP contribution in [0.15, 0.2) is 40.9 Å². The van der Waals surface area contributed by atoms with Crippen LogP contribution < -0.4 is 9.47 Å². The van der Waals surface area contributed by atoms with E-state index in [2.05, 4.69) is 46.0 Å². The third-order valence-corrected chi connectivity index (χ3v) is 6.03.